The molecule has 0 fully saturated rings. The minimum atomic E-state index is -0.106. The highest BCUT2D eigenvalue weighted by Gasteiger charge is 2.23. The Kier molecular flexibility index (Phi) is 6.16. The van der Waals surface area contributed by atoms with Crippen LogP contribution in [0.4, 0.5) is 4.39 Å². The van der Waals surface area contributed by atoms with Gasteiger partial charge in [-0.3, -0.25) is 0 Å². The highest BCUT2D eigenvalue weighted by Crippen LogP contribution is 2.48. The molecule has 48 heavy (non-hydrogen) atoms. The summed E-state index contributed by atoms with van der Waals surface area (Å²) in [5.74, 6) is -0.106. The van der Waals surface area contributed by atoms with Crippen LogP contribution in [0.2, 0.25) is 0 Å². The zero-order valence-corrected chi connectivity index (χ0v) is 27.0. The smallest absolute Gasteiger partial charge is 0.138 e. The van der Waals surface area contributed by atoms with E-state index in [-0.39, 0.29) is 5.82 Å². The van der Waals surface area contributed by atoms with E-state index in [1.807, 2.05) is 35.6 Å². The van der Waals surface area contributed by atoms with Crippen molar-refractivity contribution in [1.29, 1.82) is 0 Å². The molecule has 1 heterocycles. The van der Waals surface area contributed by atoms with E-state index in [0.717, 1.165) is 29.4 Å². The number of halogens is 1. The first-order valence-electron chi connectivity index (χ1n) is 16.6. The van der Waals surface area contributed by atoms with Crippen LogP contribution >= 0.6 is 11.3 Å². The van der Waals surface area contributed by atoms with Gasteiger partial charge in [0.05, 0.1) is 0 Å². The number of rotatable bonds is 3. The lowest BCUT2D eigenvalue weighted by molar-refractivity contribution is 0.633. The Morgan fingerprint density at radius 1 is 0.479 bits per heavy atom. The molecular weight excluding hydrogens is 604 g/mol. The standard InChI is InChI=1S/C46H29FS/c47-46-36-21-10-8-19-34(36)44(35-20-9-11-22-37(35)46)39-23-12-24-40-45(39)38-26-25-29(27-41(38)48-40)43-32-17-6-4-15-30(32)42(28-13-2-1-3-14-28)31-16-5-7-18-33(31)43/h1-8,10-19,21-27H,9,20H2. The number of allylic oxidation sites excluding steroid dienone is 1. The predicted molar refractivity (Wildman–Crippen MR) is 205 cm³/mol. The highest BCUT2D eigenvalue weighted by atomic mass is 32.1. The van der Waals surface area contributed by atoms with Crippen molar-refractivity contribution in [3.63, 3.8) is 0 Å². The highest BCUT2D eigenvalue weighted by molar-refractivity contribution is 7.26. The Balaban J connectivity index is 1.25. The van der Waals surface area contributed by atoms with E-state index in [4.69, 9.17) is 0 Å². The molecule has 10 rings (SSSR count). The molecular formula is C46H29FS. The maximum Gasteiger partial charge on any atom is 0.138 e. The van der Waals surface area contributed by atoms with Crippen LogP contribution in [-0.2, 0) is 6.42 Å². The fraction of sp³-hybridized carbons (Fsp3) is 0.0435. The predicted octanol–water partition coefficient (Wildman–Crippen LogP) is 13.6. The molecule has 8 aromatic carbocycles. The second-order valence-electron chi connectivity index (χ2n) is 12.8. The van der Waals surface area contributed by atoms with Crippen LogP contribution in [0.25, 0.3) is 91.9 Å². The summed E-state index contributed by atoms with van der Waals surface area (Å²) >= 11 is 1.85. The van der Waals surface area contributed by atoms with Crippen LogP contribution in [0.3, 0.4) is 0 Å². The van der Waals surface area contributed by atoms with Crippen molar-refractivity contribution in [1.82, 2.24) is 0 Å². The van der Waals surface area contributed by atoms with Crippen LogP contribution in [0.5, 0.6) is 0 Å². The summed E-state index contributed by atoms with van der Waals surface area (Å²) < 4.78 is 18.4. The number of thiophene rings is 1. The first kappa shape index (κ1) is 27.5. The second kappa shape index (κ2) is 10.7. The molecule has 0 saturated heterocycles. The molecule has 226 valence electrons. The zero-order chi connectivity index (χ0) is 31.8. The monoisotopic (exact) mass is 632 g/mol. The van der Waals surface area contributed by atoms with E-state index in [2.05, 4.69) is 127 Å². The van der Waals surface area contributed by atoms with Crippen LogP contribution in [-0.4, -0.2) is 0 Å². The Morgan fingerprint density at radius 2 is 1.08 bits per heavy atom. The summed E-state index contributed by atoms with van der Waals surface area (Å²) in [4.78, 5) is 0. The first-order chi connectivity index (χ1) is 23.8. The van der Waals surface area contributed by atoms with Crippen molar-refractivity contribution in [3.05, 3.63) is 163 Å². The van der Waals surface area contributed by atoms with Crippen molar-refractivity contribution in [2.24, 2.45) is 0 Å². The molecule has 1 aliphatic rings. The van der Waals surface area contributed by atoms with E-state index in [1.165, 1.54) is 75.1 Å². The fourth-order valence-corrected chi connectivity index (χ4v) is 9.35. The van der Waals surface area contributed by atoms with E-state index in [0.29, 0.717) is 5.39 Å². The third kappa shape index (κ3) is 4.00. The molecule has 9 aromatic rings. The zero-order valence-electron chi connectivity index (χ0n) is 26.1. The lowest BCUT2D eigenvalue weighted by atomic mass is 9.83. The Morgan fingerprint density at radius 3 is 1.77 bits per heavy atom. The summed E-state index contributed by atoms with van der Waals surface area (Å²) in [6, 6.07) is 50.1. The van der Waals surface area contributed by atoms with Crippen LogP contribution in [0.1, 0.15) is 17.5 Å². The molecule has 0 radical (unpaired) electrons. The quantitative estimate of drug-likeness (QED) is 0.170. The van der Waals surface area contributed by atoms with E-state index in [1.54, 1.807) is 0 Å². The normalized spacial score (nSPS) is 12.9. The summed E-state index contributed by atoms with van der Waals surface area (Å²) in [6.07, 6.45) is 5.85. The minimum Gasteiger partial charge on any atom is -0.206 e. The van der Waals surface area contributed by atoms with Gasteiger partial charge in [-0.1, -0.05) is 140 Å². The molecule has 1 aliphatic carbocycles. The average Bonchev–Trinajstić information content (AvgIpc) is 3.53. The lowest BCUT2D eigenvalue weighted by Crippen LogP contribution is -2.03. The molecule has 0 amide bonds. The molecule has 0 N–H and O–H groups in total. The Bertz CT molecular complexity index is 2730. The van der Waals surface area contributed by atoms with Crippen LogP contribution in [0.15, 0.2) is 146 Å². The third-order valence-corrected chi connectivity index (χ3v) is 11.3. The number of hydrogen-bond donors (Lipinski definition) is 0. The molecule has 0 nitrogen and oxygen atoms in total. The van der Waals surface area contributed by atoms with Crippen molar-refractivity contribution in [2.45, 2.75) is 12.8 Å². The molecule has 0 saturated carbocycles. The summed E-state index contributed by atoms with van der Waals surface area (Å²) in [5.41, 5.74) is 9.23. The van der Waals surface area contributed by atoms with Crippen molar-refractivity contribution in [2.75, 3.05) is 0 Å². The molecule has 0 unspecified atom stereocenters. The molecule has 0 atom stereocenters. The largest absolute Gasteiger partial charge is 0.206 e. The molecule has 0 spiro atoms. The van der Waals surface area contributed by atoms with Gasteiger partial charge in [-0.15, -0.1) is 11.3 Å². The summed E-state index contributed by atoms with van der Waals surface area (Å²) in [7, 11) is 0. The van der Waals surface area contributed by atoms with Gasteiger partial charge in [-0.05, 0) is 90.8 Å². The molecule has 0 aliphatic heterocycles. The second-order valence-corrected chi connectivity index (χ2v) is 13.9. The maximum atomic E-state index is 15.9. The molecule has 1 aromatic heterocycles. The topological polar surface area (TPSA) is 0 Å². The van der Waals surface area contributed by atoms with Gasteiger partial charge in [0.2, 0.25) is 0 Å². The fourth-order valence-electron chi connectivity index (χ4n) is 8.18. The Hall–Kier alpha value is -5.57. The van der Waals surface area contributed by atoms with E-state index < -0.39 is 0 Å². The van der Waals surface area contributed by atoms with Crippen molar-refractivity contribution < 1.29 is 4.39 Å². The van der Waals surface area contributed by atoms with Gasteiger partial charge in [0, 0.05) is 31.1 Å². The maximum absolute atomic E-state index is 15.9. The number of fused-ring (bicyclic) bond motifs is 7. The lowest BCUT2D eigenvalue weighted by Gasteiger charge is -2.21. The van der Waals surface area contributed by atoms with Crippen LogP contribution in [0, 0.1) is 5.82 Å². The SMILES string of the molecule is Fc1c2c(c(-c3cccc4sc5cc(-c6c7ccccc7c(-c7ccccc7)c7ccccc67)ccc5c34)c3ccccc13)CCC=C2. The molecule has 0 bridgehead atoms. The average molecular weight is 633 g/mol. The first-order valence-corrected chi connectivity index (χ1v) is 17.4. The van der Waals surface area contributed by atoms with Crippen LogP contribution < -0.4 is 0 Å². The van der Waals surface area contributed by atoms with E-state index >= 15 is 4.39 Å². The van der Waals surface area contributed by atoms with Gasteiger partial charge in [0.15, 0.2) is 0 Å². The van der Waals surface area contributed by atoms with Gasteiger partial charge in [0.25, 0.3) is 0 Å². The molecule has 2 heteroatoms. The van der Waals surface area contributed by atoms with Gasteiger partial charge >= 0.3 is 0 Å². The number of benzene rings is 8. The Labute approximate surface area is 282 Å². The van der Waals surface area contributed by atoms with Gasteiger partial charge in [0.1, 0.15) is 5.82 Å². The minimum absolute atomic E-state index is 0.106. The van der Waals surface area contributed by atoms with Crippen molar-refractivity contribution >= 4 is 69.9 Å². The summed E-state index contributed by atoms with van der Waals surface area (Å²) in [6.45, 7) is 0. The van der Waals surface area contributed by atoms with E-state index in [9.17, 15) is 0 Å². The van der Waals surface area contributed by atoms with Gasteiger partial charge in [-0.25, -0.2) is 4.39 Å². The third-order valence-electron chi connectivity index (χ3n) is 10.2. The number of hydrogen-bond acceptors (Lipinski definition) is 1. The van der Waals surface area contributed by atoms with Gasteiger partial charge in [-0.2, -0.15) is 0 Å². The van der Waals surface area contributed by atoms with Gasteiger partial charge < -0.3 is 0 Å². The summed E-state index contributed by atoms with van der Waals surface area (Å²) in [5, 5.41) is 9.22. The van der Waals surface area contributed by atoms with Crippen molar-refractivity contribution in [3.8, 4) is 33.4 Å².